The van der Waals surface area contributed by atoms with Crippen LogP contribution in [0.3, 0.4) is 0 Å². The van der Waals surface area contributed by atoms with Gasteiger partial charge in [-0.25, -0.2) is 4.79 Å². The Morgan fingerprint density at radius 2 is 1.73 bits per heavy atom. The molecule has 0 atom stereocenters. The molecule has 3 aromatic rings. The van der Waals surface area contributed by atoms with Crippen molar-refractivity contribution in [3.63, 3.8) is 0 Å². The maximum Gasteiger partial charge on any atom is 0.349 e. The molecule has 26 heavy (non-hydrogen) atoms. The number of fused-ring (bicyclic) bond motifs is 1. The third-order valence-corrected chi connectivity index (χ3v) is 3.62. The number of hydrogen-bond acceptors (Lipinski definition) is 5. The van der Waals surface area contributed by atoms with Crippen LogP contribution < -0.4 is 21.0 Å². The Balaban J connectivity index is 1.91. The average molecular weight is 352 g/mol. The van der Waals surface area contributed by atoms with Gasteiger partial charge in [-0.15, -0.1) is 0 Å². The van der Waals surface area contributed by atoms with Gasteiger partial charge in [-0.1, -0.05) is 6.07 Å². The summed E-state index contributed by atoms with van der Waals surface area (Å²) in [7, 11) is 1.52. The van der Waals surface area contributed by atoms with E-state index in [1.165, 1.54) is 20.1 Å². The summed E-state index contributed by atoms with van der Waals surface area (Å²) < 4.78 is 10.3. The zero-order valence-corrected chi connectivity index (χ0v) is 14.2. The summed E-state index contributed by atoms with van der Waals surface area (Å²) in [5, 5.41) is 5.82. The van der Waals surface area contributed by atoms with E-state index >= 15 is 0 Å². The third kappa shape index (κ3) is 3.72. The van der Waals surface area contributed by atoms with E-state index in [0.717, 1.165) is 0 Å². The zero-order chi connectivity index (χ0) is 18.7. The Morgan fingerprint density at radius 3 is 2.42 bits per heavy atom. The number of ether oxygens (including phenoxy) is 1. The molecule has 0 aliphatic heterocycles. The maximum absolute atomic E-state index is 12.5. The summed E-state index contributed by atoms with van der Waals surface area (Å²) in [6.07, 6.45) is 0. The van der Waals surface area contributed by atoms with Gasteiger partial charge in [0.25, 0.3) is 5.91 Å². The van der Waals surface area contributed by atoms with Crippen LogP contribution >= 0.6 is 0 Å². The fourth-order valence-corrected chi connectivity index (χ4v) is 2.46. The fourth-order valence-electron chi connectivity index (χ4n) is 2.46. The molecule has 0 saturated heterocycles. The number of methoxy groups -OCH3 is 1. The smallest absolute Gasteiger partial charge is 0.349 e. The molecule has 0 spiro atoms. The molecular weight excluding hydrogens is 336 g/mol. The lowest BCUT2D eigenvalue weighted by molar-refractivity contribution is -0.114. The average Bonchev–Trinajstić information content (AvgIpc) is 2.60. The summed E-state index contributed by atoms with van der Waals surface area (Å²) in [6, 6.07) is 13.0. The van der Waals surface area contributed by atoms with Gasteiger partial charge in [0.15, 0.2) is 0 Å². The van der Waals surface area contributed by atoms with Crippen molar-refractivity contribution in [3.05, 3.63) is 64.5 Å². The number of benzene rings is 2. The predicted octanol–water partition coefficient (Wildman–Crippen LogP) is 3.01. The molecular formula is C19H16N2O5. The van der Waals surface area contributed by atoms with Crippen LogP contribution in [0.4, 0.5) is 11.4 Å². The summed E-state index contributed by atoms with van der Waals surface area (Å²) in [4.78, 5) is 35.7. The molecule has 3 rings (SSSR count). The van der Waals surface area contributed by atoms with Crippen LogP contribution in [-0.2, 0) is 4.79 Å². The van der Waals surface area contributed by atoms with Crippen molar-refractivity contribution in [1.82, 2.24) is 0 Å². The number of hydrogen-bond donors (Lipinski definition) is 2. The first-order chi connectivity index (χ1) is 12.5. The van der Waals surface area contributed by atoms with Crippen molar-refractivity contribution < 1.29 is 18.7 Å². The molecule has 7 nitrogen and oxygen atoms in total. The van der Waals surface area contributed by atoms with Crippen molar-refractivity contribution in [1.29, 1.82) is 0 Å². The molecule has 1 aromatic heterocycles. The minimum absolute atomic E-state index is 0.129. The Kier molecular flexibility index (Phi) is 4.70. The summed E-state index contributed by atoms with van der Waals surface area (Å²) in [6.45, 7) is 1.39. The van der Waals surface area contributed by atoms with E-state index in [0.29, 0.717) is 28.1 Å². The highest BCUT2D eigenvalue weighted by atomic mass is 16.5. The first-order valence-electron chi connectivity index (χ1n) is 7.77. The first kappa shape index (κ1) is 17.2. The van der Waals surface area contributed by atoms with Crippen LogP contribution in [-0.4, -0.2) is 18.9 Å². The summed E-state index contributed by atoms with van der Waals surface area (Å²) in [5.41, 5.74) is 0.464. The van der Waals surface area contributed by atoms with Crippen molar-refractivity contribution in [2.24, 2.45) is 0 Å². The molecule has 2 aromatic carbocycles. The van der Waals surface area contributed by atoms with Gasteiger partial charge < -0.3 is 19.8 Å². The van der Waals surface area contributed by atoms with Gasteiger partial charge in [0.1, 0.15) is 16.9 Å². The minimum atomic E-state index is -0.738. The third-order valence-electron chi connectivity index (χ3n) is 3.62. The van der Waals surface area contributed by atoms with Gasteiger partial charge in [0.2, 0.25) is 5.91 Å². The Hall–Kier alpha value is -3.61. The van der Waals surface area contributed by atoms with Gasteiger partial charge >= 0.3 is 5.63 Å². The SMILES string of the molecule is COc1ccc2oc(=O)c(C(=O)Nc3cccc(NC(C)=O)c3)cc2c1. The van der Waals surface area contributed by atoms with Crippen LogP contribution in [0.15, 0.2) is 57.7 Å². The number of amides is 2. The lowest BCUT2D eigenvalue weighted by Gasteiger charge is -2.08. The number of anilines is 2. The molecule has 0 bridgehead atoms. The topological polar surface area (TPSA) is 97.6 Å². The van der Waals surface area contributed by atoms with E-state index in [1.54, 1.807) is 42.5 Å². The van der Waals surface area contributed by atoms with E-state index in [4.69, 9.17) is 9.15 Å². The minimum Gasteiger partial charge on any atom is -0.497 e. The number of nitrogens with one attached hydrogen (secondary N) is 2. The second kappa shape index (κ2) is 7.10. The molecule has 0 saturated carbocycles. The Labute approximate surface area is 148 Å². The summed E-state index contributed by atoms with van der Waals surface area (Å²) >= 11 is 0. The van der Waals surface area contributed by atoms with Crippen LogP contribution in [0.5, 0.6) is 5.75 Å². The molecule has 2 amide bonds. The van der Waals surface area contributed by atoms with E-state index in [2.05, 4.69) is 10.6 Å². The quantitative estimate of drug-likeness (QED) is 0.704. The lowest BCUT2D eigenvalue weighted by Crippen LogP contribution is -2.20. The molecule has 1 heterocycles. The normalized spacial score (nSPS) is 10.4. The molecule has 2 N–H and O–H groups in total. The van der Waals surface area contributed by atoms with Crippen LogP contribution in [0.1, 0.15) is 17.3 Å². The standard InChI is InChI=1S/C19H16N2O5/c1-11(22)20-13-4-3-5-14(10-13)21-18(23)16-9-12-8-15(25-2)6-7-17(12)26-19(16)24/h3-10H,1-2H3,(H,20,22)(H,21,23). The Bertz CT molecular complexity index is 1060. The largest absolute Gasteiger partial charge is 0.497 e. The van der Waals surface area contributed by atoms with E-state index < -0.39 is 11.5 Å². The fraction of sp³-hybridized carbons (Fsp3) is 0.105. The molecule has 0 fully saturated rings. The van der Waals surface area contributed by atoms with Crippen LogP contribution in [0.2, 0.25) is 0 Å². The molecule has 0 unspecified atom stereocenters. The highest BCUT2D eigenvalue weighted by Gasteiger charge is 2.14. The monoisotopic (exact) mass is 352 g/mol. The van der Waals surface area contributed by atoms with E-state index in [1.807, 2.05) is 0 Å². The first-order valence-corrected chi connectivity index (χ1v) is 7.77. The van der Waals surface area contributed by atoms with Crippen molar-refractivity contribution >= 4 is 34.2 Å². The van der Waals surface area contributed by atoms with Crippen LogP contribution in [0, 0.1) is 0 Å². The number of carbonyl (C=O) groups is 2. The Morgan fingerprint density at radius 1 is 1.00 bits per heavy atom. The van der Waals surface area contributed by atoms with Gasteiger partial charge in [-0.3, -0.25) is 9.59 Å². The van der Waals surface area contributed by atoms with Gasteiger partial charge in [0, 0.05) is 23.7 Å². The highest BCUT2D eigenvalue weighted by molar-refractivity contribution is 6.05. The molecule has 0 aliphatic rings. The predicted molar refractivity (Wildman–Crippen MR) is 97.7 cm³/mol. The van der Waals surface area contributed by atoms with Crippen LogP contribution in [0.25, 0.3) is 11.0 Å². The highest BCUT2D eigenvalue weighted by Crippen LogP contribution is 2.21. The lowest BCUT2D eigenvalue weighted by atomic mass is 10.1. The zero-order valence-electron chi connectivity index (χ0n) is 14.2. The molecule has 7 heteroatoms. The molecule has 0 aliphatic carbocycles. The van der Waals surface area contributed by atoms with E-state index in [-0.39, 0.29) is 11.5 Å². The van der Waals surface area contributed by atoms with E-state index in [9.17, 15) is 14.4 Å². The van der Waals surface area contributed by atoms with Crippen molar-refractivity contribution in [2.45, 2.75) is 6.92 Å². The van der Waals surface area contributed by atoms with Crippen molar-refractivity contribution in [3.8, 4) is 5.75 Å². The number of rotatable bonds is 4. The molecule has 132 valence electrons. The van der Waals surface area contributed by atoms with Gasteiger partial charge in [-0.2, -0.15) is 0 Å². The van der Waals surface area contributed by atoms with Gasteiger partial charge in [0.05, 0.1) is 7.11 Å². The second-order valence-electron chi connectivity index (χ2n) is 5.57. The van der Waals surface area contributed by atoms with Gasteiger partial charge in [-0.05, 0) is 42.5 Å². The molecule has 0 radical (unpaired) electrons. The summed E-state index contributed by atoms with van der Waals surface area (Å²) in [5.74, 6) is -0.248. The second-order valence-corrected chi connectivity index (χ2v) is 5.57. The number of carbonyl (C=O) groups excluding carboxylic acids is 2. The van der Waals surface area contributed by atoms with Crippen molar-refractivity contribution in [2.75, 3.05) is 17.7 Å². The maximum atomic E-state index is 12.5.